The van der Waals surface area contributed by atoms with Gasteiger partial charge in [0.1, 0.15) is 19.0 Å². The SMILES string of the molecule is OC1c2ccccc2OCC1Sc1nnc(COc2ccccc2F)n1-c1ccccc1. The molecule has 0 saturated heterocycles. The molecule has 0 bridgehead atoms. The van der Waals surface area contributed by atoms with Crippen LogP contribution in [0.15, 0.2) is 84.0 Å². The number of aromatic nitrogens is 3. The van der Waals surface area contributed by atoms with Crippen LogP contribution in [0.2, 0.25) is 0 Å². The van der Waals surface area contributed by atoms with Gasteiger partial charge in [-0.25, -0.2) is 4.39 Å². The van der Waals surface area contributed by atoms with Crippen LogP contribution >= 0.6 is 11.8 Å². The average molecular weight is 450 g/mol. The van der Waals surface area contributed by atoms with Crippen LogP contribution in [-0.2, 0) is 6.61 Å². The van der Waals surface area contributed by atoms with E-state index in [2.05, 4.69) is 10.2 Å². The van der Waals surface area contributed by atoms with Crippen molar-refractivity contribution in [2.24, 2.45) is 0 Å². The van der Waals surface area contributed by atoms with E-state index >= 15 is 0 Å². The summed E-state index contributed by atoms with van der Waals surface area (Å²) >= 11 is 1.39. The van der Waals surface area contributed by atoms with E-state index in [4.69, 9.17) is 9.47 Å². The van der Waals surface area contributed by atoms with Crippen LogP contribution in [0.25, 0.3) is 5.69 Å². The quantitative estimate of drug-likeness (QED) is 0.465. The number of nitrogens with zero attached hydrogens (tertiary/aromatic N) is 3. The molecule has 1 aromatic heterocycles. The highest BCUT2D eigenvalue weighted by molar-refractivity contribution is 7.99. The van der Waals surface area contributed by atoms with Gasteiger partial charge in [0.2, 0.25) is 0 Å². The molecule has 0 spiro atoms. The number of para-hydroxylation sites is 3. The van der Waals surface area contributed by atoms with Gasteiger partial charge < -0.3 is 14.6 Å². The first-order valence-corrected chi connectivity index (χ1v) is 11.0. The summed E-state index contributed by atoms with van der Waals surface area (Å²) in [5, 5.41) is 19.9. The van der Waals surface area contributed by atoms with E-state index in [-0.39, 0.29) is 17.6 Å². The average Bonchev–Trinajstić information content (AvgIpc) is 3.23. The second-order valence-corrected chi connectivity index (χ2v) is 8.45. The highest BCUT2D eigenvalue weighted by Gasteiger charge is 2.32. The Kier molecular flexibility index (Phi) is 5.79. The standard InChI is InChI=1S/C24H20FN3O3S/c25-18-11-5-7-13-20(18)31-15-22-26-27-24(28(22)16-8-2-1-3-9-16)32-21-14-30-19-12-6-4-10-17(19)23(21)29/h1-13,21,23,29H,14-15H2. The zero-order chi connectivity index (χ0) is 21.9. The van der Waals surface area contributed by atoms with E-state index in [1.165, 1.54) is 17.8 Å². The Labute approximate surface area is 188 Å². The number of thioether (sulfide) groups is 1. The lowest BCUT2D eigenvalue weighted by Crippen LogP contribution is -2.28. The summed E-state index contributed by atoms with van der Waals surface area (Å²) in [4.78, 5) is 0. The maximum Gasteiger partial charge on any atom is 0.196 e. The molecule has 1 N–H and O–H groups in total. The van der Waals surface area contributed by atoms with Crippen LogP contribution in [0.5, 0.6) is 11.5 Å². The molecule has 3 aromatic carbocycles. The number of hydrogen-bond acceptors (Lipinski definition) is 6. The Morgan fingerprint density at radius 3 is 2.59 bits per heavy atom. The molecule has 2 unspecified atom stereocenters. The minimum absolute atomic E-state index is 0.0376. The molecule has 0 fully saturated rings. The fraction of sp³-hybridized carbons (Fsp3) is 0.167. The van der Waals surface area contributed by atoms with E-state index < -0.39 is 11.9 Å². The number of rotatable bonds is 6. The van der Waals surface area contributed by atoms with Gasteiger partial charge in [0.05, 0.1) is 11.4 Å². The Balaban J connectivity index is 1.43. The minimum Gasteiger partial charge on any atom is -0.492 e. The summed E-state index contributed by atoms with van der Waals surface area (Å²) in [7, 11) is 0. The molecule has 2 heterocycles. The maximum absolute atomic E-state index is 14.0. The summed E-state index contributed by atoms with van der Waals surface area (Å²) in [6.45, 7) is 0.376. The zero-order valence-electron chi connectivity index (χ0n) is 17.0. The molecule has 4 aromatic rings. The van der Waals surface area contributed by atoms with E-state index in [1.807, 2.05) is 59.2 Å². The molecule has 2 atom stereocenters. The highest BCUT2D eigenvalue weighted by atomic mass is 32.2. The molecule has 0 amide bonds. The number of fused-ring (bicyclic) bond motifs is 1. The van der Waals surface area contributed by atoms with Crippen LogP contribution in [0.1, 0.15) is 17.5 Å². The van der Waals surface area contributed by atoms with Crippen molar-refractivity contribution in [3.05, 3.63) is 96.1 Å². The van der Waals surface area contributed by atoms with Gasteiger partial charge in [0.15, 0.2) is 22.5 Å². The first-order valence-electron chi connectivity index (χ1n) is 10.1. The van der Waals surface area contributed by atoms with Crippen molar-refractivity contribution in [3.63, 3.8) is 0 Å². The topological polar surface area (TPSA) is 69.4 Å². The first kappa shape index (κ1) is 20.5. The maximum atomic E-state index is 14.0. The number of aliphatic hydroxyl groups is 1. The van der Waals surface area contributed by atoms with Crippen molar-refractivity contribution in [3.8, 4) is 17.2 Å². The van der Waals surface area contributed by atoms with E-state index in [9.17, 15) is 9.50 Å². The monoisotopic (exact) mass is 449 g/mol. The predicted molar refractivity (Wildman–Crippen MR) is 119 cm³/mol. The van der Waals surface area contributed by atoms with Crippen molar-refractivity contribution < 1.29 is 19.0 Å². The third kappa shape index (κ3) is 4.06. The third-order valence-electron chi connectivity index (χ3n) is 5.16. The van der Waals surface area contributed by atoms with Crippen LogP contribution in [0.3, 0.4) is 0 Å². The third-order valence-corrected chi connectivity index (χ3v) is 6.33. The number of aliphatic hydroxyl groups excluding tert-OH is 1. The Hall–Kier alpha value is -3.36. The Morgan fingerprint density at radius 1 is 1.00 bits per heavy atom. The highest BCUT2D eigenvalue weighted by Crippen LogP contribution is 2.40. The van der Waals surface area contributed by atoms with Gasteiger partial charge in [-0.2, -0.15) is 0 Å². The summed E-state index contributed by atoms with van der Waals surface area (Å²) in [6, 6.07) is 23.3. The molecular weight excluding hydrogens is 429 g/mol. The summed E-state index contributed by atoms with van der Waals surface area (Å²) < 4.78 is 27.4. The molecule has 8 heteroatoms. The molecule has 32 heavy (non-hydrogen) atoms. The normalized spacial score (nSPS) is 17.4. The van der Waals surface area contributed by atoms with E-state index in [0.717, 1.165) is 11.3 Å². The lowest BCUT2D eigenvalue weighted by atomic mass is 10.0. The number of ether oxygens (including phenoxy) is 2. The second-order valence-electron chi connectivity index (χ2n) is 7.24. The lowest BCUT2D eigenvalue weighted by Gasteiger charge is -2.29. The van der Waals surface area contributed by atoms with Crippen molar-refractivity contribution in [1.29, 1.82) is 0 Å². The van der Waals surface area contributed by atoms with Gasteiger partial charge in [-0.05, 0) is 30.3 Å². The summed E-state index contributed by atoms with van der Waals surface area (Å²) in [5.74, 6) is 0.931. The Morgan fingerprint density at radius 2 is 1.75 bits per heavy atom. The summed E-state index contributed by atoms with van der Waals surface area (Å²) in [5.41, 5.74) is 1.60. The first-order chi connectivity index (χ1) is 15.7. The second kappa shape index (κ2) is 9.02. The summed E-state index contributed by atoms with van der Waals surface area (Å²) in [6.07, 6.45) is -0.705. The van der Waals surface area contributed by atoms with Crippen LogP contribution in [0, 0.1) is 5.82 Å². The Bertz CT molecular complexity index is 1220. The van der Waals surface area contributed by atoms with Crippen LogP contribution in [-0.4, -0.2) is 31.7 Å². The smallest absolute Gasteiger partial charge is 0.196 e. The largest absolute Gasteiger partial charge is 0.492 e. The molecular formula is C24H20FN3O3S. The molecule has 0 aliphatic carbocycles. The van der Waals surface area contributed by atoms with Crippen LogP contribution in [0.4, 0.5) is 4.39 Å². The fourth-order valence-corrected chi connectivity index (χ4v) is 4.65. The predicted octanol–water partition coefficient (Wildman–Crippen LogP) is 4.57. The molecule has 1 aliphatic rings. The molecule has 162 valence electrons. The molecule has 0 saturated carbocycles. The number of benzene rings is 3. The van der Waals surface area contributed by atoms with Crippen molar-refractivity contribution in [1.82, 2.24) is 14.8 Å². The van der Waals surface area contributed by atoms with Gasteiger partial charge in [0, 0.05) is 11.3 Å². The number of hydrogen-bond donors (Lipinski definition) is 1. The number of halogens is 1. The van der Waals surface area contributed by atoms with Crippen molar-refractivity contribution >= 4 is 11.8 Å². The molecule has 6 nitrogen and oxygen atoms in total. The molecule has 1 aliphatic heterocycles. The fourth-order valence-electron chi connectivity index (χ4n) is 3.56. The van der Waals surface area contributed by atoms with Gasteiger partial charge >= 0.3 is 0 Å². The lowest BCUT2D eigenvalue weighted by molar-refractivity contribution is 0.122. The van der Waals surface area contributed by atoms with Crippen molar-refractivity contribution in [2.45, 2.75) is 23.1 Å². The molecule has 5 rings (SSSR count). The van der Waals surface area contributed by atoms with Gasteiger partial charge in [-0.15, -0.1) is 10.2 Å². The van der Waals surface area contributed by atoms with E-state index in [0.29, 0.717) is 23.3 Å². The van der Waals surface area contributed by atoms with Gasteiger partial charge in [-0.3, -0.25) is 4.57 Å². The molecule has 0 radical (unpaired) electrons. The van der Waals surface area contributed by atoms with Gasteiger partial charge in [-0.1, -0.05) is 60.3 Å². The van der Waals surface area contributed by atoms with E-state index in [1.54, 1.807) is 18.2 Å². The van der Waals surface area contributed by atoms with Gasteiger partial charge in [0.25, 0.3) is 0 Å². The minimum atomic E-state index is -0.705. The van der Waals surface area contributed by atoms with Crippen molar-refractivity contribution in [2.75, 3.05) is 6.61 Å². The zero-order valence-corrected chi connectivity index (χ0v) is 17.8. The van der Waals surface area contributed by atoms with Crippen LogP contribution < -0.4 is 9.47 Å².